The number of carbonyl (C=O) groups excluding carboxylic acids is 1. The highest BCUT2D eigenvalue weighted by Crippen LogP contribution is 2.16. The highest BCUT2D eigenvalue weighted by molar-refractivity contribution is 5.88. The zero-order valence-electron chi connectivity index (χ0n) is 9.37. The molecule has 0 bridgehead atoms. The summed E-state index contributed by atoms with van der Waals surface area (Å²) in [5.74, 6) is -0.0876. The molecule has 1 rings (SSSR count). The Hall–Kier alpha value is -1.35. The first-order valence-electron chi connectivity index (χ1n) is 4.96. The largest absolute Gasteiger partial charge is 0.390 e. The molecule has 1 amide bonds. The number of hydrogen-bond donors (Lipinski definition) is 2. The van der Waals surface area contributed by atoms with Gasteiger partial charge in [-0.25, -0.2) is 0 Å². The molecule has 0 unspecified atom stereocenters. The van der Waals surface area contributed by atoms with Gasteiger partial charge in [-0.05, 0) is 31.5 Å². The quantitative estimate of drug-likeness (QED) is 0.796. The van der Waals surface area contributed by atoms with E-state index in [2.05, 4.69) is 5.32 Å². The van der Waals surface area contributed by atoms with Crippen molar-refractivity contribution in [2.45, 2.75) is 32.8 Å². The molecule has 3 heteroatoms. The molecule has 0 aliphatic rings. The molecule has 15 heavy (non-hydrogen) atoms. The second-order valence-corrected chi connectivity index (χ2v) is 4.37. The van der Waals surface area contributed by atoms with Crippen molar-refractivity contribution < 1.29 is 9.90 Å². The van der Waals surface area contributed by atoms with Crippen LogP contribution in [-0.2, 0) is 11.2 Å². The summed E-state index contributed by atoms with van der Waals surface area (Å²) in [5, 5.41) is 12.4. The van der Waals surface area contributed by atoms with Crippen molar-refractivity contribution >= 4 is 11.6 Å². The highest BCUT2D eigenvalue weighted by atomic mass is 16.3. The summed E-state index contributed by atoms with van der Waals surface area (Å²) in [5.41, 5.74) is 1.05. The zero-order chi connectivity index (χ0) is 11.5. The number of aliphatic hydroxyl groups is 1. The lowest BCUT2D eigenvalue weighted by Crippen LogP contribution is -2.21. The molecular formula is C12H17NO2. The van der Waals surface area contributed by atoms with Crippen LogP contribution in [0.25, 0.3) is 0 Å². The summed E-state index contributed by atoms with van der Waals surface area (Å²) in [4.78, 5) is 10.8. The predicted molar refractivity (Wildman–Crippen MR) is 60.7 cm³/mol. The molecule has 0 saturated carbocycles. The number of benzene rings is 1. The van der Waals surface area contributed by atoms with Crippen LogP contribution in [0.15, 0.2) is 24.3 Å². The summed E-state index contributed by atoms with van der Waals surface area (Å²) >= 11 is 0. The Labute approximate surface area is 90.1 Å². The minimum atomic E-state index is -0.727. The van der Waals surface area contributed by atoms with E-state index >= 15 is 0 Å². The number of nitrogens with one attached hydrogen (secondary N) is 1. The molecule has 0 fully saturated rings. The average molecular weight is 207 g/mol. The Morgan fingerprint density at radius 3 is 2.67 bits per heavy atom. The number of carbonyl (C=O) groups is 1. The van der Waals surface area contributed by atoms with E-state index in [1.165, 1.54) is 6.92 Å². The Morgan fingerprint density at radius 2 is 2.13 bits per heavy atom. The third kappa shape index (κ3) is 4.61. The van der Waals surface area contributed by atoms with Crippen LogP contribution in [0.5, 0.6) is 0 Å². The minimum Gasteiger partial charge on any atom is -0.390 e. The number of anilines is 1. The van der Waals surface area contributed by atoms with Crippen molar-refractivity contribution in [2.24, 2.45) is 0 Å². The maximum atomic E-state index is 10.8. The van der Waals surface area contributed by atoms with Gasteiger partial charge in [0, 0.05) is 19.0 Å². The Morgan fingerprint density at radius 1 is 1.47 bits per heavy atom. The molecule has 3 nitrogen and oxygen atoms in total. The van der Waals surface area contributed by atoms with Crippen molar-refractivity contribution in [3.63, 3.8) is 0 Å². The third-order valence-corrected chi connectivity index (χ3v) is 1.88. The molecule has 2 N–H and O–H groups in total. The first-order chi connectivity index (χ1) is 6.87. The van der Waals surface area contributed by atoms with Crippen LogP contribution in [0.1, 0.15) is 26.3 Å². The van der Waals surface area contributed by atoms with Gasteiger partial charge in [0.05, 0.1) is 5.60 Å². The van der Waals surface area contributed by atoms with Crippen molar-refractivity contribution in [2.75, 3.05) is 5.32 Å². The molecule has 1 aromatic rings. The molecule has 0 radical (unpaired) electrons. The van der Waals surface area contributed by atoms with Gasteiger partial charge >= 0.3 is 0 Å². The second kappa shape index (κ2) is 4.45. The SMILES string of the molecule is CC(=O)Nc1cccc(CC(C)(C)O)c1. The first-order valence-corrected chi connectivity index (χ1v) is 4.96. The molecular weight excluding hydrogens is 190 g/mol. The summed E-state index contributed by atoms with van der Waals surface area (Å²) in [6.45, 7) is 5.00. The second-order valence-electron chi connectivity index (χ2n) is 4.37. The molecule has 0 aromatic heterocycles. The van der Waals surface area contributed by atoms with Crippen molar-refractivity contribution in [3.05, 3.63) is 29.8 Å². The van der Waals surface area contributed by atoms with Crippen LogP contribution in [0.3, 0.4) is 0 Å². The van der Waals surface area contributed by atoms with Gasteiger partial charge in [-0.15, -0.1) is 0 Å². The monoisotopic (exact) mass is 207 g/mol. The number of rotatable bonds is 3. The van der Waals surface area contributed by atoms with E-state index in [4.69, 9.17) is 0 Å². The van der Waals surface area contributed by atoms with Gasteiger partial charge in [-0.1, -0.05) is 12.1 Å². The fraction of sp³-hybridized carbons (Fsp3) is 0.417. The van der Waals surface area contributed by atoms with Gasteiger partial charge < -0.3 is 10.4 Å². The summed E-state index contributed by atoms with van der Waals surface area (Å²) in [6, 6.07) is 7.50. The molecule has 82 valence electrons. The zero-order valence-corrected chi connectivity index (χ0v) is 9.37. The van der Waals surface area contributed by atoms with Crippen molar-refractivity contribution in [3.8, 4) is 0 Å². The molecule has 0 spiro atoms. The smallest absolute Gasteiger partial charge is 0.221 e. The minimum absolute atomic E-state index is 0.0876. The van der Waals surface area contributed by atoms with Crippen LogP contribution in [-0.4, -0.2) is 16.6 Å². The molecule has 0 aliphatic carbocycles. The van der Waals surface area contributed by atoms with Gasteiger partial charge in [0.1, 0.15) is 0 Å². The molecule has 0 heterocycles. The first kappa shape index (κ1) is 11.7. The highest BCUT2D eigenvalue weighted by Gasteiger charge is 2.13. The van der Waals surface area contributed by atoms with E-state index in [1.54, 1.807) is 13.8 Å². The standard InChI is InChI=1S/C12H17NO2/c1-9(14)13-11-6-4-5-10(7-11)8-12(2,3)15/h4-7,15H,8H2,1-3H3,(H,13,14). The van der Waals surface area contributed by atoms with E-state index < -0.39 is 5.60 Å². The molecule has 0 saturated heterocycles. The molecule has 0 aliphatic heterocycles. The normalized spacial score (nSPS) is 11.2. The Bertz CT molecular complexity index is 353. The third-order valence-electron chi connectivity index (χ3n) is 1.88. The summed E-state index contributed by atoms with van der Waals surface area (Å²) < 4.78 is 0. The van der Waals surface area contributed by atoms with Crippen LogP contribution in [0.2, 0.25) is 0 Å². The van der Waals surface area contributed by atoms with Gasteiger partial charge in [0.15, 0.2) is 0 Å². The predicted octanol–water partition coefficient (Wildman–Crippen LogP) is 1.96. The van der Waals surface area contributed by atoms with Crippen molar-refractivity contribution in [1.82, 2.24) is 0 Å². The van der Waals surface area contributed by atoms with Crippen LogP contribution in [0.4, 0.5) is 5.69 Å². The summed E-state index contributed by atoms with van der Waals surface area (Å²) in [7, 11) is 0. The van der Waals surface area contributed by atoms with Gasteiger partial charge in [0.25, 0.3) is 0 Å². The average Bonchev–Trinajstić information content (AvgIpc) is 1.99. The maximum absolute atomic E-state index is 10.8. The lowest BCUT2D eigenvalue weighted by atomic mass is 9.98. The lowest BCUT2D eigenvalue weighted by Gasteiger charge is -2.17. The number of hydrogen-bond acceptors (Lipinski definition) is 2. The van der Waals surface area contributed by atoms with E-state index in [-0.39, 0.29) is 5.91 Å². The lowest BCUT2D eigenvalue weighted by molar-refractivity contribution is -0.114. The fourth-order valence-corrected chi connectivity index (χ4v) is 1.46. The summed E-state index contributed by atoms with van der Waals surface area (Å²) in [6.07, 6.45) is 0.570. The maximum Gasteiger partial charge on any atom is 0.221 e. The Kier molecular flexibility index (Phi) is 3.48. The van der Waals surface area contributed by atoms with Gasteiger partial charge in [0.2, 0.25) is 5.91 Å². The van der Waals surface area contributed by atoms with Crippen LogP contribution in [0, 0.1) is 0 Å². The molecule has 0 atom stereocenters. The molecule has 1 aromatic carbocycles. The van der Waals surface area contributed by atoms with Gasteiger partial charge in [-0.3, -0.25) is 4.79 Å². The van der Waals surface area contributed by atoms with E-state index in [1.807, 2.05) is 24.3 Å². The van der Waals surface area contributed by atoms with Gasteiger partial charge in [-0.2, -0.15) is 0 Å². The fourth-order valence-electron chi connectivity index (χ4n) is 1.46. The topological polar surface area (TPSA) is 49.3 Å². The van der Waals surface area contributed by atoms with E-state index in [9.17, 15) is 9.90 Å². The van der Waals surface area contributed by atoms with Crippen molar-refractivity contribution in [1.29, 1.82) is 0 Å². The number of amides is 1. The Balaban J connectivity index is 2.79. The van der Waals surface area contributed by atoms with Crippen LogP contribution >= 0.6 is 0 Å². The van der Waals surface area contributed by atoms with E-state index in [0.29, 0.717) is 6.42 Å². The van der Waals surface area contributed by atoms with Crippen LogP contribution < -0.4 is 5.32 Å². The van der Waals surface area contributed by atoms with E-state index in [0.717, 1.165) is 11.3 Å².